The molecule has 2 N–H and O–H groups in total. The highest BCUT2D eigenvalue weighted by atomic mass is 32.2. The first-order valence-corrected chi connectivity index (χ1v) is 7.49. The number of carboxylic acids is 1. The quantitative estimate of drug-likeness (QED) is 0.668. The number of thioether (sulfide) groups is 2. The highest BCUT2D eigenvalue weighted by molar-refractivity contribution is 8.14. The molecule has 1 fully saturated rings. The Morgan fingerprint density at radius 3 is 2.88 bits per heavy atom. The summed E-state index contributed by atoms with van der Waals surface area (Å²) in [5.41, 5.74) is 0. The van der Waals surface area contributed by atoms with Gasteiger partial charge in [-0.1, -0.05) is 11.8 Å². The van der Waals surface area contributed by atoms with Gasteiger partial charge in [-0.05, 0) is 18.6 Å². The molecule has 0 aliphatic carbocycles. The highest BCUT2D eigenvalue weighted by Gasteiger charge is 2.26. The number of carbonyl (C=O) groups excluding carboxylic acids is 2. The molecular weight excluding hydrogens is 262 g/mol. The number of aliphatic carboxylic acids is 1. The van der Waals surface area contributed by atoms with Crippen LogP contribution in [-0.4, -0.2) is 45.4 Å². The largest absolute Gasteiger partial charge is 0.481 e. The van der Waals surface area contributed by atoms with Crippen LogP contribution in [0.15, 0.2) is 0 Å². The molecule has 1 aliphatic heterocycles. The van der Waals surface area contributed by atoms with Crippen molar-refractivity contribution in [1.82, 2.24) is 5.32 Å². The van der Waals surface area contributed by atoms with Crippen LogP contribution in [0.2, 0.25) is 0 Å². The molecule has 0 bridgehead atoms. The summed E-state index contributed by atoms with van der Waals surface area (Å²) in [5.74, 6) is 0.528. The van der Waals surface area contributed by atoms with E-state index >= 15 is 0 Å². The average Bonchev–Trinajstić information content (AvgIpc) is 2.63. The predicted molar refractivity (Wildman–Crippen MR) is 68.2 cm³/mol. The minimum absolute atomic E-state index is 0.0404. The topological polar surface area (TPSA) is 83.5 Å². The van der Waals surface area contributed by atoms with Gasteiger partial charge in [0.2, 0.25) is 11.0 Å². The molecule has 5 nitrogen and oxygen atoms in total. The molecule has 17 heavy (non-hydrogen) atoms. The molecule has 0 saturated carbocycles. The summed E-state index contributed by atoms with van der Waals surface area (Å²) in [7, 11) is 0. The van der Waals surface area contributed by atoms with Crippen LogP contribution in [-0.2, 0) is 14.4 Å². The Hall–Kier alpha value is -0.690. The van der Waals surface area contributed by atoms with E-state index in [0.29, 0.717) is 25.0 Å². The lowest BCUT2D eigenvalue weighted by Gasteiger charge is -2.09. The van der Waals surface area contributed by atoms with E-state index in [9.17, 15) is 14.4 Å². The van der Waals surface area contributed by atoms with Gasteiger partial charge >= 0.3 is 5.97 Å². The monoisotopic (exact) mass is 277 g/mol. The summed E-state index contributed by atoms with van der Waals surface area (Å²) in [6.45, 7) is 0. The van der Waals surface area contributed by atoms with Crippen molar-refractivity contribution in [3.8, 4) is 0 Å². The van der Waals surface area contributed by atoms with Gasteiger partial charge in [-0.3, -0.25) is 14.4 Å². The minimum atomic E-state index is -0.840. The number of rotatable bonds is 7. The minimum Gasteiger partial charge on any atom is -0.481 e. The van der Waals surface area contributed by atoms with Crippen LogP contribution in [0.1, 0.15) is 19.3 Å². The first-order valence-electron chi connectivity index (χ1n) is 5.35. The van der Waals surface area contributed by atoms with Gasteiger partial charge in [-0.25, -0.2) is 0 Å². The third-order valence-corrected chi connectivity index (χ3v) is 4.23. The fourth-order valence-electron chi connectivity index (χ4n) is 1.39. The van der Waals surface area contributed by atoms with Gasteiger partial charge in [0.25, 0.3) is 0 Å². The second-order valence-corrected chi connectivity index (χ2v) is 5.83. The van der Waals surface area contributed by atoms with Crippen molar-refractivity contribution in [2.24, 2.45) is 0 Å². The number of carbonyl (C=O) groups is 3. The van der Waals surface area contributed by atoms with Crippen LogP contribution in [0.5, 0.6) is 0 Å². The number of amides is 1. The molecule has 0 aromatic heterocycles. The van der Waals surface area contributed by atoms with E-state index in [1.165, 1.54) is 23.5 Å². The third-order valence-electron chi connectivity index (χ3n) is 2.19. The lowest BCUT2D eigenvalue weighted by molar-refractivity contribution is -0.134. The van der Waals surface area contributed by atoms with Crippen molar-refractivity contribution < 1.29 is 19.5 Å². The molecule has 1 aliphatic rings. The molecule has 96 valence electrons. The van der Waals surface area contributed by atoms with Gasteiger partial charge in [-0.2, -0.15) is 11.8 Å². The van der Waals surface area contributed by atoms with Crippen molar-refractivity contribution in [3.63, 3.8) is 0 Å². The van der Waals surface area contributed by atoms with E-state index in [4.69, 9.17) is 5.11 Å². The molecule has 1 saturated heterocycles. The summed E-state index contributed by atoms with van der Waals surface area (Å²) >= 11 is 2.56. The summed E-state index contributed by atoms with van der Waals surface area (Å²) in [4.78, 5) is 32.9. The van der Waals surface area contributed by atoms with Gasteiger partial charge in [0, 0.05) is 12.2 Å². The van der Waals surface area contributed by atoms with Crippen molar-refractivity contribution >= 4 is 40.5 Å². The Morgan fingerprint density at radius 1 is 1.53 bits per heavy atom. The molecule has 1 unspecified atom stereocenters. The Kier molecular flexibility index (Phi) is 6.43. The standard InChI is InChI=1S/C10H15NO4S2/c12-8(2-1-4-16-6-9(13)14)11-7-3-5-17-10(7)15/h7H,1-6H2,(H,11,12)(H,13,14). The molecule has 0 spiro atoms. The Bertz CT molecular complexity index is 309. The zero-order chi connectivity index (χ0) is 12.7. The number of carboxylic acid groups (broad SMARTS) is 1. The maximum absolute atomic E-state index is 11.4. The van der Waals surface area contributed by atoms with E-state index in [1.54, 1.807) is 0 Å². The van der Waals surface area contributed by atoms with Crippen molar-refractivity contribution in [1.29, 1.82) is 0 Å². The van der Waals surface area contributed by atoms with Crippen LogP contribution in [0.25, 0.3) is 0 Å². The predicted octanol–water partition coefficient (Wildman–Crippen LogP) is 0.733. The number of hydrogen-bond acceptors (Lipinski definition) is 5. The maximum atomic E-state index is 11.4. The van der Waals surface area contributed by atoms with Gasteiger partial charge in [0.1, 0.15) is 0 Å². The zero-order valence-corrected chi connectivity index (χ0v) is 10.9. The van der Waals surface area contributed by atoms with Crippen LogP contribution in [0, 0.1) is 0 Å². The SMILES string of the molecule is O=C(O)CSCCCC(=O)NC1CCSC1=O. The lowest BCUT2D eigenvalue weighted by Crippen LogP contribution is -2.37. The summed E-state index contributed by atoms with van der Waals surface area (Å²) < 4.78 is 0. The van der Waals surface area contributed by atoms with Gasteiger partial charge < -0.3 is 10.4 Å². The molecule has 1 rings (SSSR count). The Labute approximate surface area is 108 Å². The second kappa shape index (κ2) is 7.60. The lowest BCUT2D eigenvalue weighted by atomic mass is 10.2. The maximum Gasteiger partial charge on any atom is 0.313 e. The first kappa shape index (κ1) is 14.4. The van der Waals surface area contributed by atoms with Crippen LogP contribution in [0.3, 0.4) is 0 Å². The van der Waals surface area contributed by atoms with E-state index in [0.717, 1.165) is 5.75 Å². The molecular formula is C10H15NO4S2. The van der Waals surface area contributed by atoms with Crippen LogP contribution >= 0.6 is 23.5 Å². The van der Waals surface area contributed by atoms with Gasteiger partial charge in [0.15, 0.2) is 0 Å². The Morgan fingerprint density at radius 2 is 2.29 bits per heavy atom. The fourth-order valence-corrected chi connectivity index (χ4v) is 2.99. The summed E-state index contributed by atoms with van der Waals surface area (Å²) in [6, 6.07) is -0.320. The van der Waals surface area contributed by atoms with Gasteiger partial charge in [-0.15, -0.1) is 0 Å². The van der Waals surface area contributed by atoms with Crippen molar-refractivity contribution in [2.75, 3.05) is 17.3 Å². The van der Waals surface area contributed by atoms with Crippen LogP contribution < -0.4 is 5.32 Å². The van der Waals surface area contributed by atoms with E-state index in [2.05, 4.69) is 5.32 Å². The normalized spacial score (nSPS) is 19.3. The van der Waals surface area contributed by atoms with E-state index in [1.807, 2.05) is 0 Å². The third kappa shape index (κ3) is 5.97. The first-order chi connectivity index (χ1) is 8.09. The summed E-state index contributed by atoms with van der Waals surface area (Å²) in [5, 5.41) is 11.1. The summed E-state index contributed by atoms with van der Waals surface area (Å²) in [6.07, 6.45) is 1.70. The molecule has 1 amide bonds. The van der Waals surface area contributed by atoms with E-state index in [-0.39, 0.29) is 22.8 Å². The molecule has 0 aromatic carbocycles. The van der Waals surface area contributed by atoms with Crippen LogP contribution in [0.4, 0.5) is 0 Å². The van der Waals surface area contributed by atoms with Crippen molar-refractivity contribution in [2.45, 2.75) is 25.3 Å². The number of hydrogen-bond donors (Lipinski definition) is 2. The zero-order valence-electron chi connectivity index (χ0n) is 9.31. The smallest absolute Gasteiger partial charge is 0.313 e. The molecule has 0 radical (unpaired) electrons. The Balaban J connectivity index is 2.05. The molecule has 0 aromatic rings. The fraction of sp³-hybridized carbons (Fsp3) is 0.700. The van der Waals surface area contributed by atoms with Crippen molar-refractivity contribution in [3.05, 3.63) is 0 Å². The molecule has 1 heterocycles. The van der Waals surface area contributed by atoms with E-state index < -0.39 is 5.97 Å². The average molecular weight is 277 g/mol. The molecule has 7 heteroatoms. The number of nitrogens with one attached hydrogen (secondary N) is 1. The molecule has 1 atom stereocenters. The second-order valence-electron chi connectivity index (χ2n) is 3.63. The van der Waals surface area contributed by atoms with Gasteiger partial charge in [0.05, 0.1) is 11.8 Å². The highest BCUT2D eigenvalue weighted by Crippen LogP contribution is 2.19.